The lowest BCUT2D eigenvalue weighted by atomic mass is 10.1. The molecule has 120 valence electrons. The number of H-pyrrole nitrogens is 1. The average Bonchev–Trinajstić information content (AvgIpc) is 2.98. The summed E-state index contributed by atoms with van der Waals surface area (Å²) in [6, 6.07) is 9.84. The van der Waals surface area contributed by atoms with Crippen molar-refractivity contribution >= 4 is 33.8 Å². The number of methoxy groups -OCH3 is 1. The van der Waals surface area contributed by atoms with Gasteiger partial charge in [0.1, 0.15) is 10.6 Å². The fraction of sp³-hybridized carbons (Fsp3) is 0.294. The van der Waals surface area contributed by atoms with Gasteiger partial charge in [-0.15, -0.1) is 11.3 Å². The molecule has 0 saturated carbocycles. The zero-order valence-corrected chi connectivity index (χ0v) is 14.7. The first-order valence-electron chi connectivity index (χ1n) is 7.51. The minimum atomic E-state index is -0.00629. The zero-order valence-electron chi connectivity index (χ0n) is 13.1. The van der Waals surface area contributed by atoms with Crippen molar-refractivity contribution in [2.75, 3.05) is 7.11 Å². The Kier molecular flexibility index (Phi) is 4.63. The quantitative estimate of drug-likeness (QED) is 0.712. The number of ether oxygens (including phenoxy) is 1. The molecule has 6 heteroatoms. The minimum Gasteiger partial charge on any atom is -0.497 e. The first-order valence-corrected chi connectivity index (χ1v) is 8.73. The second kappa shape index (κ2) is 6.68. The van der Waals surface area contributed by atoms with Crippen LogP contribution in [-0.2, 0) is 19.4 Å². The molecule has 0 aliphatic heterocycles. The lowest BCUT2D eigenvalue weighted by Crippen LogP contribution is -2.22. The largest absolute Gasteiger partial charge is 0.497 e. The number of thiophene rings is 1. The second-order valence-corrected chi connectivity index (χ2v) is 6.82. The van der Waals surface area contributed by atoms with Crippen LogP contribution in [-0.4, -0.2) is 16.7 Å². The van der Waals surface area contributed by atoms with E-state index in [1.165, 1.54) is 4.88 Å². The van der Waals surface area contributed by atoms with E-state index in [9.17, 15) is 4.79 Å². The van der Waals surface area contributed by atoms with Gasteiger partial charge in [0.15, 0.2) is 4.77 Å². The molecule has 0 saturated heterocycles. The van der Waals surface area contributed by atoms with Gasteiger partial charge < -0.3 is 9.72 Å². The normalized spacial score (nSPS) is 11.0. The number of fused-ring (bicyclic) bond motifs is 1. The maximum absolute atomic E-state index is 12.7. The lowest BCUT2D eigenvalue weighted by Gasteiger charge is -2.07. The van der Waals surface area contributed by atoms with Gasteiger partial charge in [-0.1, -0.05) is 19.1 Å². The molecule has 0 atom stereocenters. The predicted octanol–water partition coefficient (Wildman–Crippen LogP) is 3.93. The van der Waals surface area contributed by atoms with Crippen LogP contribution in [0.1, 0.15) is 17.4 Å². The Morgan fingerprint density at radius 2 is 2.04 bits per heavy atom. The number of benzene rings is 1. The third-order valence-electron chi connectivity index (χ3n) is 3.86. The van der Waals surface area contributed by atoms with E-state index in [-0.39, 0.29) is 5.56 Å². The summed E-state index contributed by atoms with van der Waals surface area (Å²) in [5, 5.41) is 0.732. The van der Waals surface area contributed by atoms with Crippen molar-refractivity contribution in [3.63, 3.8) is 0 Å². The Labute approximate surface area is 143 Å². The Morgan fingerprint density at radius 1 is 1.30 bits per heavy atom. The van der Waals surface area contributed by atoms with Gasteiger partial charge in [0.2, 0.25) is 0 Å². The van der Waals surface area contributed by atoms with Crippen LogP contribution in [0.15, 0.2) is 35.1 Å². The van der Waals surface area contributed by atoms with E-state index in [0.717, 1.165) is 34.4 Å². The maximum atomic E-state index is 12.7. The Hall–Kier alpha value is -1.92. The molecular weight excluding hydrogens is 328 g/mol. The van der Waals surface area contributed by atoms with Gasteiger partial charge in [-0.2, -0.15) is 0 Å². The first-order chi connectivity index (χ1) is 11.1. The number of hydrogen-bond acceptors (Lipinski definition) is 4. The van der Waals surface area contributed by atoms with E-state index in [0.29, 0.717) is 11.3 Å². The van der Waals surface area contributed by atoms with E-state index >= 15 is 0 Å². The van der Waals surface area contributed by atoms with Crippen molar-refractivity contribution in [1.29, 1.82) is 0 Å². The van der Waals surface area contributed by atoms with Crippen molar-refractivity contribution in [2.45, 2.75) is 26.3 Å². The summed E-state index contributed by atoms with van der Waals surface area (Å²) in [7, 11) is 1.65. The van der Waals surface area contributed by atoms with Gasteiger partial charge >= 0.3 is 0 Å². The predicted molar refractivity (Wildman–Crippen MR) is 97.3 cm³/mol. The Bertz CT molecular complexity index is 936. The van der Waals surface area contributed by atoms with Crippen LogP contribution >= 0.6 is 23.6 Å². The highest BCUT2D eigenvalue weighted by atomic mass is 32.1. The molecular formula is C17H18N2O2S2. The van der Waals surface area contributed by atoms with Gasteiger partial charge in [0, 0.05) is 11.4 Å². The minimum absolute atomic E-state index is 0.00629. The molecule has 3 rings (SSSR count). The summed E-state index contributed by atoms with van der Waals surface area (Å²) in [5.41, 5.74) is 1.14. The smallest absolute Gasteiger partial charge is 0.263 e. The molecule has 23 heavy (non-hydrogen) atoms. The van der Waals surface area contributed by atoms with Crippen LogP contribution in [0.25, 0.3) is 10.2 Å². The molecule has 2 heterocycles. The number of nitrogens with zero attached hydrogens (tertiary/aromatic N) is 1. The number of aromatic amines is 1. The molecule has 1 N–H and O–H groups in total. The van der Waals surface area contributed by atoms with E-state index in [2.05, 4.69) is 11.9 Å². The highest BCUT2D eigenvalue weighted by molar-refractivity contribution is 7.71. The summed E-state index contributed by atoms with van der Waals surface area (Å²) in [6.07, 6.45) is 1.67. The zero-order chi connectivity index (χ0) is 16.4. The molecule has 3 aromatic rings. The lowest BCUT2D eigenvalue weighted by molar-refractivity contribution is 0.414. The molecule has 1 aromatic carbocycles. The molecule has 0 aliphatic rings. The molecule has 0 aliphatic carbocycles. The molecule has 0 fully saturated rings. The molecule has 2 aromatic heterocycles. The summed E-state index contributed by atoms with van der Waals surface area (Å²) in [4.78, 5) is 17.9. The first kappa shape index (κ1) is 16.0. The van der Waals surface area contributed by atoms with Gasteiger partial charge in [-0.25, -0.2) is 0 Å². The van der Waals surface area contributed by atoms with E-state index < -0.39 is 0 Å². The van der Waals surface area contributed by atoms with Crippen molar-refractivity contribution < 1.29 is 4.74 Å². The number of aromatic nitrogens is 2. The van der Waals surface area contributed by atoms with Gasteiger partial charge in [0.25, 0.3) is 5.56 Å². The number of aryl methyl sites for hydroxylation is 2. The van der Waals surface area contributed by atoms with Crippen LogP contribution < -0.4 is 10.3 Å². The summed E-state index contributed by atoms with van der Waals surface area (Å²) >= 11 is 6.96. The maximum Gasteiger partial charge on any atom is 0.263 e. The number of rotatable bonds is 5. The van der Waals surface area contributed by atoms with E-state index in [1.807, 2.05) is 30.3 Å². The summed E-state index contributed by atoms with van der Waals surface area (Å²) in [6.45, 7) is 2.65. The molecule has 0 amide bonds. The molecule has 0 unspecified atom stereocenters. The van der Waals surface area contributed by atoms with Crippen molar-refractivity contribution in [3.8, 4) is 5.75 Å². The van der Waals surface area contributed by atoms with Crippen molar-refractivity contribution in [1.82, 2.24) is 9.55 Å². The van der Waals surface area contributed by atoms with Gasteiger partial charge in [-0.05, 0) is 48.8 Å². The Balaban J connectivity index is 1.90. The highest BCUT2D eigenvalue weighted by Gasteiger charge is 2.09. The molecule has 0 bridgehead atoms. The molecule has 0 radical (unpaired) electrons. The van der Waals surface area contributed by atoms with Crippen LogP contribution in [0.5, 0.6) is 5.75 Å². The van der Waals surface area contributed by atoms with Crippen LogP contribution in [0, 0.1) is 4.77 Å². The van der Waals surface area contributed by atoms with Crippen LogP contribution in [0.3, 0.4) is 0 Å². The van der Waals surface area contributed by atoms with Crippen LogP contribution in [0.4, 0.5) is 0 Å². The summed E-state index contributed by atoms with van der Waals surface area (Å²) in [5.74, 6) is 0.829. The second-order valence-electron chi connectivity index (χ2n) is 5.29. The van der Waals surface area contributed by atoms with E-state index in [4.69, 9.17) is 17.0 Å². The average molecular weight is 346 g/mol. The topological polar surface area (TPSA) is 47.0 Å². The fourth-order valence-corrected chi connectivity index (χ4v) is 3.83. The van der Waals surface area contributed by atoms with E-state index in [1.54, 1.807) is 23.0 Å². The monoisotopic (exact) mass is 346 g/mol. The SMILES string of the molecule is CCc1cc2c(=O)n(CCc3ccc(OC)cc3)c(=S)[nH]c2s1. The number of hydrogen-bond donors (Lipinski definition) is 1. The number of nitrogens with one attached hydrogen (secondary N) is 1. The third kappa shape index (κ3) is 3.23. The van der Waals surface area contributed by atoms with Gasteiger partial charge in [-0.3, -0.25) is 9.36 Å². The summed E-state index contributed by atoms with van der Waals surface area (Å²) < 4.78 is 7.29. The van der Waals surface area contributed by atoms with Gasteiger partial charge in [0.05, 0.1) is 12.5 Å². The highest BCUT2D eigenvalue weighted by Crippen LogP contribution is 2.21. The molecule has 4 nitrogen and oxygen atoms in total. The standard InChI is InChI=1S/C17H18N2O2S2/c1-3-13-10-14-15(23-13)18-17(22)19(16(14)20)9-8-11-4-6-12(21-2)7-5-11/h4-7,10H,3,8-9H2,1-2H3,(H,18,22). The van der Waals surface area contributed by atoms with Crippen molar-refractivity contribution in [2.24, 2.45) is 0 Å². The van der Waals surface area contributed by atoms with Crippen molar-refractivity contribution in [3.05, 3.63) is 55.9 Å². The fourth-order valence-electron chi connectivity index (χ4n) is 2.51. The Morgan fingerprint density at radius 3 is 2.70 bits per heavy atom. The van der Waals surface area contributed by atoms with Crippen LogP contribution in [0.2, 0.25) is 0 Å². The molecule has 0 spiro atoms. The third-order valence-corrected chi connectivity index (χ3v) is 5.37.